The Bertz CT molecular complexity index is 958. The van der Waals surface area contributed by atoms with Crippen LogP contribution in [0.4, 0.5) is 15.1 Å². The highest BCUT2D eigenvalue weighted by atomic mass is 32.2. The van der Waals surface area contributed by atoms with Gasteiger partial charge < -0.3 is 0 Å². The molecule has 10 heteroatoms. The molecule has 0 aliphatic heterocycles. The highest BCUT2D eigenvalue weighted by Crippen LogP contribution is 2.35. The van der Waals surface area contributed by atoms with Crippen molar-refractivity contribution in [3.05, 3.63) is 30.0 Å². The van der Waals surface area contributed by atoms with Crippen molar-refractivity contribution in [3.8, 4) is 0 Å². The molecule has 1 aromatic carbocycles. The highest BCUT2D eigenvalue weighted by molar-refractivity contribution is 7.92. The average molecular weight is 353 g/mol. The molecule has 3 aromatic rings. The number of fused-ring (bicyclic) bond motifs is 1. The summed E-state index contributed by atoms with van der Waals surface area (Å²) in [6.45, 7) is 1.75. The van der Waals surface area contributed by atoms with Crippen molar-refractivity contribution >= 4 is 58.9 Å². The van der Waals surface area contributed by atoms with Crippen molar-refractivity contribution in [2.75, 3.05) is 11.0 Å². The standard InChI is InChI=1S/C12H11N5O2S3/c1-7-10(20-12(13-7)17-22(2,18)19)14-15-11-8-5-3-4-6-9(8)16-21-11/h3-6H,1-2H3,(H,13,17)/b15-14+. The molecule has 114 valence electrons. The fourth-order valence-corrected chi connectivity index (χ4v) is 4.04. The summed E-state index contributed by atoms with van der Waals surface area (Å²) in [5.41, 5.74) is 1.50. The first kappa shape index (κ1) is 15.0. The van der Waals surface area contributed by atoms with Crippen LogP contribution in [0.25, 0.3) is 10.9 Å². The van der Waals surface area contributed by atoms with Crippen LogP contribution in [-0.4, -0.2) is 24.0 Å². The summed E-state index contributed by atoms with van der Waals surface area (Å²) in [6.07, 6.45) is 1.08. The molecular formula is C12H11N5O2S3. The van der Waals surface area contributed by atoms with Gasteiger partial charge in [0, 0.05) is 5.39 Å². The van der Waals surface area contributed by atoms with Crippen LogP contribution < -0.4 is 4.72 Å². The molecular weight excluding hydrogens is 342 g/mol. The Hall–Kier alpha value is -1.91. The van der Waals surface area contributed by atoms with Gasteiger partial charge in [-0.15, -0.1) is 10.2 Å². The molecule has 22 heavy (non-hydrogen) atoms. The van der Waals surface area contributed by atoms with Crippen LogP contribution in [-0.2, 0) is 10.0 Å². The zero-order chi connectivity index (χ0) is 15.7. The van der Waals surface area contributed by atoms with E-state index in [9.17, 15) is 8.42 Å². The fraction of sp³-hybridized carbons (Fsp3) is 0.167. The number of azo groups is 1. The van der Waals surface area contributed by atoms with Gasteiger partial charge in [-0.25, -0.2) is 13.4 Å². The number of sulfonamides is 1. The molecule has 0 amide bonds. The first-order chi connectivity index (χ1) is 10.4. The predicted molar refractivity (Wildman–Crippen MR) is 89.1 cm³/mol. The monoisotopic (exact) mass is 353 g/mol. The summed E-state index contributed by atoms with van der Waals surface area (Å²) in [6, 6.07) is 7.68. The van der Waals surface area contributed by atoms with E-state index in [1.807, 2.05) is 24.3 Å². The Morgan fingerprint density at radius 3 is 2.68 bits per heavy atom. The Morgan fingerprint density at radius 2 is 1.91 bits per heavy atom. The molecule has 1 N–H and O–H groups in total. The lowest BCUT2D eigenvalue weighted by atomic mass is 10.2. The summed E-state index contributed by atoms with van der Waals surface area (Å²) in [7, 11) is -3.35. The Balaban J connectivity index is 1.89. The number of aryl methyl sites for hydroxylation is 1. The second-order valence-corrected chi connectivity index (χ2v) is 7.97. The van der Waals surface area contributed by atoms with Crippen LogP contribution in [0, 0.1) is 6.92 Å². The molecule has 3 rings (SSSR count). The van der Waals surface area contributed by atoms with Gasteiger partial charge in [0.25, 0.3) is 0 Å². The normalized spacial score (nSPS) is 12.3. The van der Waals surface area contributed by atoms with E-state index >= 15 is 0 Å². The maximum atomic E-state index is 11.2. The minimum absolute atomic E-state index is 0.281. The molecule has 0 aliphatic rings. The first-order valence-electron chi connectivity index (χ1n) is 6.14. The van der Waals surface area contributed by atoms with Crippen molar-refractivity contribution in [2.24, 2.45) is 10.2 Å². The van der Waals surface area contributed by atoms with Crippen LogP contribution in [0.3, 0.4) is 0 Å². The predicted octanol–water partition coefficient (Wildman–Crippen LogP) is 3.85. The van der Waals surface area contributed by atoms with Crippen LogP contribution in [0.5, 0.6) is 0 Å². The van der Waals surface area contributed by atoms with Crippen LogP contribution in [0.2, 0.25) is 0 Å². The van der Waals surface area contributed by atoms with Crippen LogP contribution >= 0.6 is 22.9 Å². The third-order valence-electron chi connectivity index (χ3n) is 2.64. The van der Waals surface area contributed by atoms with E-state index in [4.69, 9.17) is 0 Å². The van der Waals surface area contributed by atoms with Crippen molar-refractivity contribution < 1.29 is 8.42 Å². The van der Waals surface area contributed by atoms with E-state index in [-0.39, 0.29) is 5.13 Å². The average Bonchev–Trinajstić information content (AvgIpc) is 2.98. The van der Waals surface area contributed by atoms with Gasteiger partial charge in [-0.1, -0.05) is 23.5 Å². The van der Waals surface area contributed by atoms with E-state index in [1.54, 1.807) is 6.92 Å². The number of anilines is 1. The molecule has 0 radical (unpaired) electrons. The summed E-state index contributed by atoms with van der Waals surface area (Å²) in [5.74, 6) is 0. The number of hydrogen-bond donors (Lipinski definition) is 1. The number of rotatable bonds is 4. The van der Waals surface area contributed by atoms with E-state index in [0.29, 0.717) is 15.7 Å². The molecule has 0 saturated carbocycles. The Kier molecular flexibility index (Phi) is 3.89. The topological polar surface area (TPSA) is 96.7 Å². The van der Waals surface area contributed by atoms with E-state index in [1.165, 1.54) is 11.5 Å². The van der Waals surface area contributed by atoms with E-state index in [0.717, 1.165) is 28.5 Å². The lowest BCUT2D eigenvalue weighted by Gasteiger charge is -1.95. The number of aromatic nitrogens is 2. The van der Waals surface area contributed by atoms with Gasteiger partial charge in [-0.05, 0) is 30.6 Å². The largest absolute Gasteiger partial charge is 0.259 e. The number of nitrogens with zero attached hydrogens (tertiary/aromatic N) is 4. The van der Waals surface area contributed by atoms with Crippen molar-refractivity contribution in [3.63, 3.8) is 0 Å². The number of nitrogens with one attached hydrogen (secondary N) is 1. The molecule has 0 spiro atoms. The molecule has 0 bridgehead atoms. The Labute approximate surface area is 135 Å². The van der Waals surface area contributed by atoms with Crippen LogP contribution in [0.15, 0.2) is 34.5 Å². The molecule has 7 nitrogen and oxygen atoms in total. The number of benzene rings is 1. The molecule has 0 saturated heterocycles. The minimum atomic E-state index is -3.35. The maximum absolute atomic E-state index is 11.2. The van der Waals surface area contributed by atoms with Gasteiger partial charge in [-0.2, -0.15) is 4.37 Å². The zero-order valence-electron chi connectivity index (χ0n) is 11.6. The molecule has 0 atom stereocenters. The van der Waals surface area contributed by atoms with Crippen molar-refractivity contribution in [1.82, 2.24) is 9.36 Å². The first-order valence-corrected chi connectivity index (χ1v) is 9.62. The molecule has 2 heterocycles. The number of hydrogen-bond acceptors (Lipinski definition) is 8. The van der Waals surface area contributed by atoms with E-state index < -0.39 is 10.0 Å². The highest BCUT2D eigenvalue weighted by Gasteiger charge is 2.11. The van der Waals surface area contributed by atoms with Crippen molar-refractivity contribution in [1.29, 1.82) is 0 Å². The SMILES string of the molecule is Cc1nc(NS(C)(=O)=O)sc1/N=N/c1snc2ccccc12. The van der Waals surface area contributed by atoms with Crippen LogP contribution in [0.1, 0.15) is 5.69 Å². The second-order valence-electron chi connectivity index (χ2n) is 4.49. The molecule has 0 unspecified atom stereocenters. The number of thiazole rings is 1. The van der Waals surface area contributed by atoms with Gasteiger partial charge in [0.2, 0.25) is 10.0 Å². The molecule has 0 aliphatic carbocycles. The minimum Gasteiger partial charge on any atom is -0.259 e. The Morgan fingerprint density at radius 1 is 1.18 bits per heavy atom. The van der Waals surface area contributed by atoms with Gasteiger partial charge >= 0.3 is 0 Å². The third kappa shape index (κ3) is 3.29. The van der Waals surface area contributed by atoms with Gasteiger partial charge in [0.05, 0.1) is 17.5 Å². The quantitative estimate of drug-likeness (QED) is 0.720. The zero-order valence-corrected chi connectivity index (χ0v) is 14.1. The molecule has 0 fully saturated rings. The van der Waals surface area contributed by atoms with E-state index in [2.05, 4.69) is 24.3 Å². The summed E-state index contributed by atoms with van der Waals surface area (Å²) >= 11 is 2.40. The fourth-order valence-electron chi connectivity index (χ4n) is 1.72. The summed E-state index contributed by atoms with van der Waals surface area (Å²) in [5, 5.41) is 10.9. The smallest absolute Gasteiger partial charge is 0.231 e. The van der Waals surface area contributed by atoms with Gasteiger partial charge in [0.15, 0.2) is 15.1 Å². The molecule has 2 aromatic heterocycles. The lowest BCUT2D eigenvalue weighted by molar-refractivity contribution is 0.607. The second kappa shape index (κ2) is 5.71. The summed E-state index contributed by atoms with van der Waals surface area (Å²) < 4.78 is 29.0. The van der Waals surface area contributed by atoms with Gasteiger partial charge in [-0.3, -0.25) is 4.72 Å². The van der Waals surface area contributed by atoms with Gasteiger partial charge in [0.1, 0.15) is 0 Å². The van der Waals surface area contributed by atoms with Crippen molar-refractivity contribution in [2.45, 2.75) is 6.92 Å². The maximum Gasteiger partial charge on any atom is 0.231 e. The summed E-state index contributed by atoms with van der Waals surface area (Å²) in [4.78, 5) is 4.12. The third-order valence-corrected chi connectivity index (χ3v) is 5.05. The lowest BCUT2D eigenvalue weighted by Crippen LogP contribution is -2.08.